The summed E-state index contributed by atoms with van der Waals surface area (Å²) in [7, 11) is 0. The quantitative estimate of drug-likeness (QED) is 0.681. The molecule has 130 valence electrons. The van der Waals surface area contributed by atoms with E-state index in [0.717, 1.165) is 5.56 Å². The number of furan rings is 1. The van der Waals surface area contributed by atoms with Crippen LogP contribution in [0, 0.1) is 20.8 Å². The van der Waals surface area contributed by atoms with Crippen LogP contribution in [-0.4, -0.2) is 24.3 Å². The zero-order valence-electron chi connectivity index (χ0n) is 14.6. The van der Waals surface area contributed by atoms with Crippen LogP contribution < -0.4 is 5.32 Å². The largest absolute Gasteiger partial charge is 0.465 e. The van der Waals surface area contributed by atoms with Crippen LogP contribution in [-0.2, 0) is 9.53 Å². The van der Waals surface area contributed by atoms with E-state index in [1.165, 1.54) is 0 Å². The predicted octanol–water partition coefficient (Wildman–Crippen LogP) is 3.30. The second-order valence-corrected chi connectivity index (χ2v) is 6.23. The molecule has 0 saturated heterocycles. The molecule has 0 aliphatic carbocycles. The molecule has 2 heterocycles. The number of hydrogen-bond donors (Lipinski definition) is 1. The number of nitrogens with one attached hydrogen (secondary N) is 1. The molecule has 1 aromatic carbocycles. The van der Waals surface area contributed by atoms with Crippen molar-refractivity contribution < 1.29 is 23.5 Å². The van der Waals surface area contributed by atoms with E-state index < -0.39 is 5.97 Å². The van der Waals surface area contributed by atoms with Crippen molar-refractivity contribution in [2.24, 2.45) is 0 Å². The highest BCUT2D eigenvalue weighted by molar-refractivity contribution is 6.05. The van der Waals surface area contributed by atoms with Gasteiger partial charge in [0.25, 0.3) is 0 Å². The monoisotopic (exact) mass is 341 g/mol. The van der Waals surface area contributed by atoms with E-state index in [1.54, 1.807) is 45.9 Å². The molecule has 0 saturated carbocycles. The van der Waals surface area contributed by atoms with Crippen LogP contribution in [0.15, 0.2) is 22.6 Å². The van der Waals surface area contributed by atoms with Gasteiger partial charge in [-0.1, -0.05) is 0 Å². The standard InChI is InChI=1S/C19H19NO5/c1-9-11(3)25-12(4)17(9)19(23)24-8-16(21)13-5-6-15-14(7-13)10(2)18(22)20-15/h5-7,10H,8H2,1-4H3,(H,20,22)/t10-/m1/s1. The Morgan fingerprint density at radius 2 is 1.92 bits per heavy atom. The van der Waals surface area contributed by atoms with Gasteiger partial charge >= 0.3 is 5.97 Å². The van der Waals surface area contributed by atoms with Crippen molar-refractivity contribution in [3.63, 3.8) is 0 Å². The Morgan fingerprint density at radius 3 is 2.56 bits per heavy atom. The summed E-state index contributed by atoms with van der Waals surface area (Å²) in [5.41, 5.74) is 2.98. The average Bonchev–Trinajstić information content (AvgIpc) is 3.00. The van der Waals surface area contributed by atoms with Gasteiger partial charge in [0, 0.05) is 16.8 Å². The van der Waals surface area contributed by atoms with Crippen LogP contribution >= 0.6 is 0 Å². The summed E-state index contributed by atoms with van der Waals surface area (Å²) in [5, 5.41) is 2.75. The van der Waals surface area contributed by atoms with E-state index in [9.17, 15) is 14.4 Å². The minimum Gasteiger partial charge on any atom is -0.465 e. The second-order valence-electron chi connectivity index (χ2n) is 6.23. The first kappa shape index (κ1) is 17.0. The number of hydrogen-bond acceptors (Lipinski definition) is 5. The molecule has 1 amide bonds. The number of fused-ring (bicyclic) bond motifs is 1. The zero-order valence-corrected chi connectivity index (χ0v) is 14.6. The normalized spacial score (nSPS) is 15.7. The van der Waals surface area contributed by atoms with E-state index in [4.69, 9.17) is 9.15 Å². The maximum Gasteiger partial charge on any atom is 0.342 e. The van der Waals surface area contributed by atoms with Gasteiger partial charge in [-0.25, -0.2) is 4.79 Å². The maximum absolute atomic E-state index is 12.3. The lowest BCUT2D eigenvalue weighted by atomic mass is 9.99. The molecule has 1 aliphatic rings. The Kier molecular flexibility index (Phi) is 4.20. The minimum absolute atomic E-state index is 0.0905. The lowest BCUT2D eigenvalue weighted by Crippen LogP contribution is -2.15. The fourth-order valence-electron chi connectivity index (χ4n) is 2.97. The number of carbonyl (C=O) groups is 3. The van der Waals surface area contributed by atoms with Crippen molar-refractivity contribution in [1.29, 1.82) is 0 Å². The van der Waals surface area contributed by atoms with Gasteiger partial charge in [-0.2, -0.15) is 0 Å². The number of anilines is 1. The molecular weight excluding hydrogens is 322 g/mol. The Bertz CT molecular complexity index is 893. The van der Waals surface area contributed by atoms with Crippen LogP contribution in [0.2, 0.25) is 0 Å². The van der Waals surface area contributed by atoms with Crippen LogP contribution in [0.4, 0.5) is 5.69 Å². The predicted molar refractivity (Wildman–Crippen MR) is 91.0 cm³/mol. The Balaban J connectivity index is 1.71. The molecule has 1 N–H and O–H groups in total. The molecular formula is C19H19NO5. The first-order valence-corrected chi connectivity index (χ1v) is 8.01. The highest BCUT2D eigenvalue weighted by atomic mass is 16.5. The number of benzene rings is 1. The van der Waals surface area contributed by atoms with Crippen LogP contribution in [0.3, 0.4) is 0 Å². The molecule has 0 spiro atoms. The highest BCUT2D eigenvalue weighted by Crippen LogP contribution is 2.32. The van der Waals surface area contributed by atoms with Gasteiger partial charge in [0.1, 0.15) is 17.1 Å². The van der Waals surface area contributed by atoms with Crippen LogP contribution in [0.25, 0.3) is 0 Å². The number of esters is 1. The Labute approximate surface area is 145 Å². The average molecular weight is 341 g/mol. The number of aryl methyl sites for hydroxylation is 2. The first-order valence-electron chi connectivity index (χ1n) is 8.01. The molecule has 6 nitrogen and oxygen atoms in total. The zero-order chi connectivity index (χ0) is 18.3. The van der Waals surface area contributed by atoms with Crippen molar-refractivity contribution in [1.82, 2.24) is 0 Å². The summed E-state index contributed by atoms with van der Waals surface area (Å²) in [6, 6.07) is 4.98. The molecule has 6 heteroatoms. The summed E-state index contributed by atoms with van der Waals surface area (Å²) in [4.78, 5) is 36.2. The van der Waals surface area contributed by atoms with Crippen molar-refractivity contribution in [2.45, 2.75) is 33.6 Å². The number of amides is 1. The first-order chi connectivity index (χ1) is 11.8. The molecule has 2 aromatic rings. The summed E-state index contributed by atoms with van der Waals surface area (Å²) in [6.07, 6.45) is 0. The molecule has 25 heavy (non-hydrogen) atoms. The molecule has 0 radical (unpaired) electrons. The fourth-order valence-corrected chi connectivity index (χ4v) is 2.97. The lowest BCUT2D eigenvalue weighted by Gasteiger charge is -2.07. The van der Waals surface area contributed by atoms with E-state index in [2.05, 4.69) is 5.32 Å². The number of ether oxygens (including phenoxy) is 1. The van der Waals surface area contributed by atoms with Crippen molar-refractivity contribution in [3.8, 4) is 0 Å². The number of Topliss-reactive ketones (excluding diaryl/α,β-unsaturated/α-hetero) is 1. The SMILES string of the molecule is Cc1oc(C)c(C(=O)OCC(=O)c2ccc3c(c2)[C@@H](C)C(=O)N3)c1C. The maximum atomic E-state index is 12.3. The van der Waals surface area contributed by atoms with Gasteiger partial charge < -0.3 is 14.5 Å². The van der Waals surface area contributed by atoms with Crippen molar-refractivity contribution in [2.75, 3.05) is 11.9 Å². The number of carbonyl (C=O) groups excluding carboxylic acids is 3. The van der Waals surface area contributed by atoms with Crippen molar-refractivity contribution in [3.05, 3.63) is 52.0 Å². The summed E-state index contributed by atoms with van der Waals surface area (Å²) < 4.78 is 10.6. The minimum atomic E-state index is -0.577. The third-order valence-corrected chi connectivity index (χ3v) is 4.59. The smallest absolute Gasteiger partial charge is 0.342 e. The Hall–Kier alpha value is -2.89. The molecule has 0 fully saturated rings. The molecule has 1 atom stereocenters. The molecule has 1 aromatic heterocycles. The third-order valence-electron chi connectivity index (χ3n) is 4.59. The second kappa shape index (κ2) is 6.20. The number of ketones is 1. The van der Waals surface area contributed by atoms with Gasteiger partial charge in [0.05, 0.1) is 5.92 Å². The van der Waals surface area contributed by atoms with E-state index in [0.29, 0.717) is 33.9 Å². The van der Waals surface area contributed by atoms with Crippen LogP contribution in [0.5, 0.6) is 0 Å². The molecule has 0 unspecified atom stereocenters. The Morgan fingerprint density at radius 1 is 1.20 bits per heavy atom. The molecule has 1 aliphatic heterocycles. The van der Waals surface area contributed by atoms with Gasteiger partial charge in [0.2, 0.25) is 5.91 Å². The fraction of sp³-hybridized carbons (Fsp3) is 0.316. The number of rotatable bonds is 4. The summed E-state index contributed by atoms with van der Waals surface area (Å²) in [6.45, 7) is 6.64. The topological polar surface area (TPSA) is 85.6 Å². The molecule has 3 rings (SSSR count). The van der Waals surface area contributed by atoms with Gasteiger partial charge in [-0.3, -0.25) is 9.59 Å². The van der Waals surface area contributed by atoms with E-state index >= 15 is 0 Å². The van der Waals surface area contributed by atoms with Gasteiger partial charge in [-0.05, 0) is 51.5 Å². The summed E-state index contributed by atoms with van der Waals surface area (Å²) >= 11 is 0. The summed E-state index contributed by atoms with van der Waals surface area (Å²) in [5.74, 6) is -0.162. The third kappa shape index (κ3) is 2.95. The lowest BCUT2D eigenvalue weighted by molar-refractivity contribution is -0.116. The van der Waals surface area contributed by atoms with Crippen molar-refractivity contribution >= 4 is 23.3 Å². The van der Waals surface area contributed by atoms with E-state index in [-0.39, 0.29) is 24.2 Å². The highest BCUT2D eigenvalue weighted by Gasteiger charge is 2.27. The van der Waals surface area contributed by atoms with Gasteiger partial charge in [0.15, 0.2) is 12.4 Å². The van der Waals surface area contributed by atoms with Crippen LogP contribution in [0.1, 0.15) is 56.2 Å². The molecule has 0 bridgehead atoms. The van der Waals surface area contributed by atoms with E-state index in [1.807, 2.05) is 0 Å². The van der Waals surface area contributed by atoms with Gasteiger partial charge in [-0.15, -0.1) is 0 Å².